The van der Waals surface area contributed by atoms with Crippen molar-refractivity contribution in [1.82, 2.24) is 0 Å². The van der Waals surface area contributed by atoms with Crippen LogP contribution in [0.3, 0.4) is 0 Å². The first kappa shape index (κ1) is 11.6. The first-order chi connectivity index (χ1) is 7.08. The summed E-state index contributed by atoms with van der Waals surface area (Å²) in [7, 11) is 1.33. The number of ether oxygens (including phenoxy) is 1. The maximum absolute atomic E-state index is 11.3. The van der Waals surface area contributed by atoms with Gasteiger partial charge in [-0.3, -0.25) is 0 Å². The predicted molar refractivity (Wildman–Crippen MR) is 58.2 cm³/mol. The Morgan fingerprint density at radius 1 is 1.47 bits per heavy atom. The molecule has 82 valence electrons. The second kappa shape index (κ2) is 4.82. The van der Waals surface area contributed by atoms with Crippen LogP contribution in [-0.4, -0.2) is 18.2 Å². The minimum Gasteiger partial charge on any atom is -0.508 e. The van der Waals surface area contributed by atoms with Gasteiger partial charge >= 0.3 is 5.97 Å². The third-order valence-electron chi connectivity index (χ3n) is 2.54. The molecule has 0 heterocycles. The zero-order valence-corrected chi connectivity index (χ0v) is 9.28. The standard InChI is InChI=1S/C12H16O3/c1-4-8(2)9-5-10(12(14)15-3)7-11(13)6-9/h5-8,13H,4H2,1-3H3. The molecule has 1 rings (SSSR count). The lowest BCUT2D eigenvalue weighted by Gasteiger charge is -2.10. The molecule has 1 unspecified atom stereocenters. The van der Waals surface area contributed by atoms with Crippen LogP contribution in [0.25, 0.3) is 0 Å². The number of carbonyl (C=O) groups excluding carboxylic acids is 1. The number of methoxy groups -OCH3 is 1. The van der Waals surface area contributed by atoms with Gasteiger partial charge in [0.05, 0.1) is 12.7 Å². The third-order valence-corrected chi connectivity index (χ3v) is 2.54. The Hall–Kier alpha value is -1.51. The molecule has 0 spiro atoms. The fraction of sp³-hybridized carbons (Fsp3) is 0.417. The van der Waals surface area contributed by atoms with Gasteiger partial charge in [0.1, 0.15) is 5.75 Å². The topological polar surface area (TPSA) is 46.5 Å². The zero-order valence-electron chi connectivity index (χ0n) is 9.28. The average molecular weight is 208 g/mol. The Balaban J connectivity index is 3.10. The molecule has 0 aliphatic carbocycles. The molecule has 0 aliphatic rings. The quantitative estimate of drug-likeness (QED) is 0.777. The van der Waals surface area contributed by atoms with Crippen molar-refractivity contribution in [2.24, 2.45) is 0 Å². The van der Waals surface area contributed by atoms with Crippen LogP contribution in [0.15, 0.2) is 18.2 Å². The molecule has 0 aliphatic heterocycles. The highest BCUT2D eigenvalue weighted by molar-refractivity contribution is 5.90. The molecular formula is C12H16O3. The molecule has 0 fully saturated rings. The van der Waals surface area contributed by atoms with Gasteiger partial charge in [-0.15, -0.1) is 0 Å². The summed E-state index contributed by atoms with van der Waals surface area (Å²) in [6.45, 7) is 4.11. The normalized spacial score (nSPS) is 12.2. The number of phenols is 1. The van der Waals surface area contributed by atoms with Gasteiger partial charge in [-0.2, -0.15) is 0 Å². The van der Waals surface area contributed by atoms with Crippen molar-refractivity contribution in [3.05, 3.63) is 29.3 Å². The summed E-state index contributed by atoms with van der Waals surface area (Å²) in [5.41, 5.74) is 1.35. The Labute approximate surface area is 89.7 Å². The molecular weight excluding hydrogens is 192 g/mol. The molecule has 0 bridgehead atoms. The smallest absolute Gasteiger partial charge is 0.337 e. The number of esters is 1. The van der Waals surface area contributed by atoms with Crippen molar-refractivity contribution in [3.63, 3.8) is 0 Å². The minimum atomic E-state index is -0.421. The van der Waals surface area contributed by atoms with Crippen molar-refractivity contribution in [2.75, 3.05) is 7.11 Å². The molecule has 1 atom stereocenters. The van der Waals surface area contributed by atoms with Crippen LogP contribution in [0.5, 0.6) is 5.75 Å². The van der Waals surface area contributed by atoms with Crippen LogP contribution >= 0.6 is 0 Å². The van der Waals surface area contributed by atoms with Crippen LogP contribution in [-0.2, 0) is 4.74 Å². The van der Waals surface area contributed by atoms with Crippen LogP contribution < -0.4 is 0 Å². The second-order valence-electron chi connectivity index (χ2n) is 3.61. The number of hydrogen-bond acceptors (Lipinski definition) is 3. The van der Waals surface area contributed by atoms with E-state index in [0.29, 0.717) is 11.5 Å². The van der Waals surface area contributed by atoms with Gasteiger partial charge < -0.3 is 9.84 Å². The molecule has 1 aromatic carbocycles. The van der Waals surface area contributed by atoms with E-state index in [4.69, 9.17) is 0 Å². The van der Waals surface area contributed by atoms with E-state index in [1.54, 1.807) is 12.1 Å². The van der Waals surface area contributed by atoms with Crippen molar-refractivity contribution in [1.29, 1.82) is 0 Å². The van der Waals surface area contributed by atoms with E-state index < -0.39 is 5.97 Å². The molecule has 0 saturated carbocycles. The summed E-state index contributed by atoms with van der Waals surface area (Å²) in [4.78, 5) is 11.3. The average Bonchev–Trinajstić information content (AvgIpc) is 2.26. The zero-order chi connectivity index (χ0) is 11.4. The van der Waals surface area contributed by atoms with Crippen LogP contribution in [0.4, 0.5) is 0 Å². The fourth-order valence-electron chi connectivity index (χ4n) is 1.39. The highest BCUT2D eigenvalue weighted by Crippen LogP contribution is 2.24. The van der Waals surface area contributed by atoms with Gasteiger partial charge in [0.25, 0.3) is 0 Å². The highest BCUT2D eigenvalue weighted by atomic mass is 16.5. The van der Waals surface area contributed by atoms with Crippen molar-refractivity contribution < 1.29 is 14.6 Å². The number of aromatic hydroxyl groups is 1. The molecule has 15 heavy (non-hydrogen) atoms. The SMILES string of the molecule is CCC(C)c1cc(O)cc(C(=O)OC)c1. The number of hydrogen-bond donors (Lipinski definition) is 1. The van der Waals surface area contributed by atoms with Gasteiger partial charge in [0, 0.05) is 0 Å². The van der Waals surface area contributed by atoms with Gasteiger partial charge in [0.2, 0.25) is 0 Å². The lowest BCUT2D eigenvalue weighted by molar-refractivity contribution is 0.0600. The van der Waals surface area contributed by atoms with E-state index in [0.717, 1.165) is 12.0 Å². The van der Waals surface area contributed by atoms with Gasteiger partial charge in [0.15, 0.2) is 0 Å². The van der Waals surface area contributed by atoms with E-state index in [2.05, 4.69) is 18.6 Å². The monoisotopic (exact) mass is 208 g/mol. The number of rotatable bonds is 3. The maximum atomic E-state index is 11.3. The Kier molecular flexibility index (Phi) is 3.72. The van der Waals surface area contributed by atoms with Crippen molar-refractivity contribution >= 4 is 5.97 Å². The first-order valence-corrected chi connectivity index (χ1v) is 5.00. The molecule has 0 amide bonds. The minimum absolute atomic E-state index is 0.105. The van der Waals surface area contributed by atoms with E-state index in [9.17, 15) is 9.90 Å². The number of carbonyl (C=O) groups is 1. The molecule has 0 saturated heterocycles. The lowest BCUT2D eigenvalue weighted by atomic mass is 9.96. The highest BCUT2D eigenvalue weighted by Gasteiger charge is 2.11. The summed E-state index contributed by atoms with van der Waals surface area (Å²) in [6.07, 6.45) is 0.962. The molecule has 0 aromatic heterocycles. The second-order valence-corrected chi connectivity index (χ2v) is 3.61. The summed E-state index contributed by atoms with van der Waals surface area (Å²) >= 11 is 0. The molecule has 1 N–H and O–H groups in total. The largest absolute Gasteiger partial charge is 0.508 e. The summed E-state index contributed by atoms with van der Waals surface area (Å²) in [5, 5.41) is 9.47. The third kappa shape index (κ3) is 2.72. The van der Waals surface area contributed by atoms with Crippen molar-refractivity contribution in [3.8, 4) is 5.75 Å². The molecule has 0 radical (unpaired) electrons. The Morgan fingerprint density at radius 3 is 2.67 bits per heavy atom. The Bertz CT molecular complexity index is 358. The maximum Gasteiger partial charge on any atom is 0.337 e. The predicted octanol–water partition coefficient (Wildman–Crippen LogP) is 2.69. The van der Waals surface area contributed by atoms with E-state index in [1.165, 1.54) is 13.2 Å². The molecule has 3 nitrogen and oxygen atoms in total. The molecule has 1 aromatic rings. The molecule has 3 heteroatoms. The summed E-state index contributed by atoms with van der Waals surface area (Å²) in [6, 6.07) is 4.86. The van der Waals surface area contributed by atoms with Crippen LogP contribution in [0.1, 0.15) is 42.1 Å². The Morgan fingerprint density at radius 2 is 2.13 bits per heavy atom. The number of benzene rings is 1. The van der Waals surface area contributed by atoms with E-state index in [-0.39, 0.29) is 5.75 Å². The van der Waals surface area contributed by atoms with Crippen molar-refractivity contribution in [2.45, 2.75) is 26.2 Å². The first-order valence-electron chi connectivity index (χ1n) is 5.00. The van der Waals surface area contributed by atoms with Gasteiger partial charge in [-0.1, -0.05) is 13.8 Å². The van der Waals surface area contributed by atoms with Gasteiger partial charge in [-0.05, 0) is 36.1 Å². The summed E-state index contributed by atoms with van der Waals surface area (Å²) < 4.78 is 4.61. The van der Waals surface area contributed by atoms with Crippen LogP contribution in [0.2, 0.25) is 0 Å². The van der Waals surface area contributed by atoms with E-state index in [1.807, 2.05) is 0 Å². The fourth-order valence-corrected chi connectivity index (χ4v) is 1.39. The van der Waals surface area contributed by atoms with Crippen LogP contribution in [0, 0.1) is 0 Å². The van der Waals surface area contributed by atoms with E-state index >= 15 is 0 Å². The summed E-state index contributed by atoms with van der Waals surface area (Å²) in [5.74, 6) is 0.00385. The van der Waals surface area contributed by atoms with Gasteiger partial charge in [-0.25, -0.2) is 4.79 Å². The number of phenolic OH excluding ortho intramolecular Hbond substituents is 1. The lowest BCUT2D eigenvalue weighted by Crippen LogP contribution is -2.02.